The van der Waals surface area contributed by atoms with Gasteiger partial charge >= 0.3 is 0 Å². The average Bonchev–Trinajstić information content (AvgIpc) is 2.49. The Labute approximate surface area is 123 Å². The highest BCUT2D eigenvalue weighted by atomic mass is 79.9. The lowest BCUT2D eigenvalue weighted by molar-refractivity contribution is 0.102. The molecule has 2 heterocycles. The number of amides is 1. The molecule has 0 aliphatic rings. The maximum Gasteiger partial charge on any atom is 0.275 e. The molecule has 0 saturated carbocycles. The van der Waals surface area contributed by atoms with Gasteiger partial charge in [-0.2, -0.15) is 0 Å². The Morgan fingerprint density at radius 2 is 1.85 bits per heavy atom. The number of pyridine rings is 1. The number of para-hydroxylation sites is 2. The Kier molecular flexibility index (Phi) is 3.39. The predicted octanol–water partition coefficient (Wildman–Crippen LogP) is 3.04. The van der Waals surface area contributed by atoms with Crippen LogP contribution in [0.3, 0.4) is 0 Å². The summed E-state index contributed by atoms with van der Waals surface area (Å²) in [4.78, 5) is 24.7. The van der Waals surface area contributed by atoms with Crippen molar-refractivity contribution in [2.75, 3.05) is 5.32 Å². The van der Waals surface area contributed by atoms with Gasteiger partial charge in [0, 0.05) is 6.20 Å². The largest absolute Gasteiger partial charge is 0.318 e. The number of nitrogens with one attached hydrogen (secondary N) is 1. The molecule has 1 amide bonds. The van der Waals surface area contributed by atoms with Crippen molar-refractivity contribution in [3.05, 3.63) is 59.1 Å². The van der Waals surface area contributed by atoms with E-state index >= 15 is 0 Å². The lowest BCUT2D eigenvalue weighted by atomic mass is 10.3. The Morgan fingerprint density at radius 1 is 1.05 bits per heavy atom. The summed E-state index contributed by atoms with van der Waals surface area (Å²) in [6, 6.07) is 10.9. The Hall–Kier alpha value is -2.34. The van der Waals surface area contributed by atoms with E-state index in [1.165, 1.54) is 6.20 Å². The van der Waals surface area contributed by atoms with Crippen molar-refractivity contribution in [2.24, 2.45) is 0 Å². The molecule has 0 unspecified atom stereocenters. The molecule has 0 saturated heterocycles. The molecule has 98 valence electrons. The number of aromatic nitrogens is 3. The molecule has 5 nitrogen and oxygen atoms in total. The summed E-state index contributed by atoms with van der Waals surface area (Å²) < 4.78 is 0.571. The number of benzene rings is 1. The SMILES string of the molecule is O=C(Nc1cccnc1Br)c1cnc2ccccc2n1. The van der Waals surface area contributed by atoms with Crippen LogP contribution in [0.5, 0.6) is 0 Å². The van der Waals surface area contributed by atoms with E-state index in [9.17, 15) is 4.79 Å². The summed E-state index contributed by atoms with van der Waals surface area (Å²) in [7, 11) is 0. The summed E-state index contributed by atoms with van der Waals surface area (Å²) in [5, 5.41) is 2.74. The van der Waals surface area contributed by atoms with Gasteiger partial charge in [-0.3, -0.25) is 9.78 Å². The number of rotatable bonds is 2. The highest BCUT2D eigenvalue weighted by Crippen LogP contribution is 2.19. The highest BCUT2D eigenvalue weighted by molar-refractivity contribution is 9.10. The Bertz CT molecular complexity index is 791. The van der Waals surface area contributed by atoms with Gasteiger partial charge in [-0.05, 0) is 40.2 Å². The molecule has 0 atom stereocenters. The maximum absolute atomic E-state index is 12.1. The van der Waals surface area contributed by atoms with E-state index in [0.29, 0.717) is 15.8 Å². The van der Waals surface area contributed by atoms with Crippen LogP contribution >= 0.6 is 15.9 Å². The average molecular weight is 329 g/mol. The number of halogens is 1. The van der Waals surface area contributed by atoms with E-state index in [1.54, 1.807) is 18.3 Å². The molecule has 6 heteroatoms. The van der Waals surface area contributed by atoms with Crippen LogP contribution in [-0.2, 0) is 0 Å². The summed E-state index contributed by atoms with van der Waals surface area (Å²) in [6.45, 7) is 0. The van der Waals surface area contributed by atoms with E-state index in [0.717, 1.165) is 5.52 Å². The van der Waals surface area contributed by atoms with E-state index < -0.39 is 0 Å². The standard InChI is InChI=1S/C14H9BrN4O/c15-13-11(6-3-7-16-13)19-14(20)12-8-17-9-4-1-2-5-10(9)18-12/h1-8H,(H,19,20). The lowest BCUT2D eigenvalue weighted by Crippen LogP contribution is -2.14. The second-order valence-electron chi connectivity index (χ2n) is 4.04. The van der Waals surface area contributed by atoms with Crippen molar-refractivity contribution < 1.29 is 4.79 Å². The molecule has 3 aromatic rings. The third-order valence-corrected chi connectivity index (χ3v) is 3.32. The molecule has 0 aliphatic heterocycles. The van der Waals surface area contributed by atoms with Crippen LogP contribution in [0, 0.1) is 0 Å². The number of carbonyl (C=O) groups is 1. The molecular formula is C14H9BrN4O. The van der Waals surface area contributed by atoms with Gasteiger partial charge in [-0.1, -0.05) is 12.1 Å². The third kappa shape index (κ3) is 2.50. The van der Waals surface area contributed by atoms with E-state index in [-0.39, 0.29) is 11.6 Å². The number of nitrogens with zero attached hydrogens (tertiary/aromatic N) is 3. The first-order valence-corrected chi connectivity index (χ1v) is 6.67. The molecule has 3 rings (SSSR count). The molecule has 1 aromatic carbocycles. The summed E-state index contributed by atoms with van der Waals surface area (Å²) in [5.74, 6) is -0.322. The van der Waals surface area contributed by atoms with Crippen LogP contribution in [-0.4, -0.2) is 20.9 Å². The fourth-order valence-electron chi connectivity index (χ4n) is 1.73. The first-order valence-electron chi connectivity index (χ1n) is 5.88. The van der Waals surface area contributed by atoms with E-state index in [1.807, 2.05) is 24.3 Å². The Balaban J connectivity index is 1.91. The molecular weight excluding hydrogens is 320 g/mol. The zero-order valence-electron chi connectivity index (χ0n) is 10.2. The van der Waals surface area contributed by atoms with Crippen LogP contribution in [0.25, 0.3) is 11.0 Å². The molecule has 0 bridgehead atoms. The van der Waals surface area contributed by atoms with Gasteiger partial charge in [0.25, 0.3) is 5.91 Å². The molecule has 1 N–H and O–H groups in total. The van der Waals surface area contributed by atoms with Gasteiger partial charge in [0.1, 0.15) is 10.3 Å². The number of carbonyl (C=O) groups excluding carboxylic acids is 1. The van der Waals surface area contributed by atoms with Crippen LogP contribution in [0.4, 0.5) is 5.69 Å². The van der Waals surface area contributed by atoms with E-state index in [2.05, 4.69) is 36.2 Å². The van der Waals surface area contributed by atoms with Gasteiger partial charge in [0.2, 0.25) is 0 Å². The summed E-state index contributed by atoms with van der Waals surface area (Å²) in [6.07, 6.45) is 3.09. The topological polar surface area (TPSA) is 67.8 Å². The highest BCUT2D eigenvalue weighted by Gasteiger charge is 2.11. The van der Waals surface area contributed by atoms with Crippen LogP contribution in [0.2, 0.25) is 0 Å². The number of hydrogen-bond donors (Lipinski definition) is 1. The zero-order valence-corrected chi connectivity index (χ0v) is 11.8. The van der Waals surface area contributed by atoms with Gasteiger partial charge in [0.15, 0.2) is 0 Å². The van der Waals surface area contributed by atoms with Crippen molar-refractivity contribution in [1.82, 2.24) is 15.0 Å². The summed E-state index contributed by atoms with van der Waals surface area (Å²) in [5.41, 5.74) is 2.30. The quantitative estimate of drug-likeness (QED) is 0.734. The first-order chi connectivity index (χ1) is 9.74. The minimum atomic E-state index is -0.322. The van der Waals surface area contributed by atoms with Crippen molar-refractivity contribution >= 4 is 38.6 Å². The van der Waals surface area contributed by atoms with Gasteiger partial charge in [-0.15, -0.1) is 0 Å². The van der Waals surface area contributed by atoms with Crippen LogP contribution in [0.15, 0.2) is 53.4 Å². The van der Waals surface area contributed by atoms with Crippen molar-refractivity contribution in [1.29, 1.82) is 0 Å². The second-order valence-corrected chi connectivity index (χ2v) is 4.79. The number of fused-ring (bicyclic) bond motifs is 1. The number of anilines is 1. The first kappa shape index (κ1) is 12.7. The van der Waals surface area contributed by atoms with Gasteiger partial charge in [-0.25, -0.2) is 9.97 Å². The Morgan fingerprint density at radius 3 is 2.65 bits per heavy atom. The fourth-order valence-corrected chi connectivity index (χ4v) is 2.08. The molecule has 2 aromatic heterocycles. The molecule has 20 heavy (non-hydrogen) atoms. The van der Waals surface area contributed by atoms with E-state index in [4.69, 9.17) is 0 Å². The van der Waals surface area contributed by atoms with Crippen molar-refractivity contribution in [3.63, 3.8) is 0 Å². The second kappa shape index (κ2) is 5.34. The monoisotopic (exact) mass is 328 g/mol. The smallest absolute Gasteiger partial charge is 0.275 e. The summed E-state index contributed by atoms with van der Waals surface area (Å²) >= 11 is 3.28. The molecule has 0 aliphatic carbocycles. The van der Waals surface area contributed by atoms with Crippen LogP contribution in [0.1, 0.15) is 10.5 Å². The molecule has 0 fully saturated rings. The predicted molar refractivity (Wildman–Crippen MR) is 79.4 cm³/mol. The molecule has 0 spiro atoms. The van der Waals surface area contributed by atoms with Crippen LogP contribution < -0.4 is 5.32 Å². The van der Waals surface area contributed by atoms with Gasteiger partial charge in [0.05, 0.1) is 22.9 Å². The minimum Gasteiger partial charge on any atom is -0.318 e. The maximum atomic E-state index is 12.1. The van der Waals surface area contributed by atoms with Crippen molar-refractivity contribution in [3.8, 4) is 0 Å². The minimum absolute atomic E-state index is 0.263. The molecule has 0 radical (unpaired) electrons. The third-order valence-electron chi connectivity index (χ3n) is 2.69. The van der Waals surface area contributed by atoms with Gasteiger partial charge < -0.3 is 5.32 Å². The number of hydrogen-bond acceptors (Lipinski definition) is 4. The fraction of sp³-hybridized carbons (Fsp3) is 0. The lowest BCUT2D eigenvalue weighted by Gasteiger charge is -2.06. The normalized spacial score (nSPS) is 10.4. The zero-order chi connectivity index (χ0) is 13.9. The van der Waals surface area contributed by atoms with Crippen molar-refractivity contribution in [2.45, 2.75) is 0 Å².